The minimum Gasteiger partial charge on any atom is -0.494 e. The van der Waals surface area contributed by atoms with Crippen LogP contribution in [0.2, 0.25) is 0 Å². The van der Waals surface area contributed by atoms with Gasteiger partial charge in [-0.15, -0.1) is 0 Å². The molecule has 0 saturated heterocycles. The van der Waals surface area contributed by atoms with Gasteiger partial charge in [0.05, 0.1) is 24.8 Å². The number of aromatic nitrogens is 2. The molecule has 5 nitrogen and oxygen atoms in total. The third-order valence-corrected chi connectivity index (χ3v) is 5.03. The summed E-state index contributed by atoms with van der Waals surface area (Å²) in [6.45, 7) is 2.58. The molecule has 1 N–H and O–H groups in total. The van der Waals surface area contributed by atoms with E-state index in [1.54, 1.807) is 10.9 Å². The predicted octanol–water partition coefficient (Wildman–Crippen LogP) is 4.72. The van der Waals surface area contributed by atoms with Gasteiger partial charge in [-0.2, -0.15) is 5.10 Å². The SMILES string of the molecule is CCOc1ccc(C(NC(=O)Cc2ccc(-n3cccn3)cc2)c2ccccc2)cc1. The van der Waals surface area contributed by atoms with E-state index in [9.17, 15) is 4.79 Å². The molecule has 0 fully saturated rings. The summed E-state index contributed by atoms with van der Waals surface area (Å²) in [5, 5.41) is 7.42. The number of nitrogens with zero attached hydrogens (tertiary/aromatic N) is 2. The van der Waals surface area contributed by atoms with Crippen LogP contribution < -0.4 is 10.1 Å². The number of carbonyl (C=O) groups is 1. The van der Waals surface area contributed by atoms with Crippen molar-refractivity contribution >= 4 is 5.91 Å². The number of carbonyl (C=O) groups excluding carboxylic acids is 1. The average Bonchev–Trinajstić information content (AvgIpc) is 3.35. The molecule has 0 aliphatic carbocycles. The maximum atomic E-state index is 12.9. The van der Waals surface area contributed by atoms with Crippen LogP contribution in [-0.2, 0) is 11.2 Å². The van der Waals surface area contributed by atoms with Gasteiger partial charge < -0.3 is 10.1 Å². The molecule has 0 radical (unpaired) electrons. The lowest BCUT2D eigenvalue weighted by Crippen LogP contribution is -2.30. The molecule has 4 aromatic rings. The first-order valence-corrected chi connectivity index (χ1v) is 10.4. The van der Waals surface area contributed by atoms with Crippen LogP contribution in [0.5, 0.6) is 5.75 Å². The summed E-state index contributed by atoms with van der Waals surface area (Å²) in [5.41, 5.74) is 3.96. The normalized spacial score (nSPS) is 11.6. The van der Waals surface area contributed by atoms with Gasteiger partial charge in [-0.1, -0.05) is 54.6 Å². The molecule has 0 bridgehead atoms. The van der Waals surface area contributed by atoms with E-state index in [4.69, 9.17) is 4.74 Å². The van der Waals surface area contributed by atoms with E-state index >= 15 is 0 Å². The van der Waals surface area contributed by atoms with Crippen molar-refractivity contribution in [3.63, 3.8) is 0 Å². The minimum absolute atomic E-state index is 0.0328. The Kier molecular flexibility index (Phi) is 6.43. The van der Waals surface area contributed by atoms with Gasteiger partial charge in [0.1, 0.15) is 5.75 Å². The Bertz CT molecular complexity index is 1090. The zero-order chi connectivity index (χ0) is 21.5. The lowest BCUT2D eigenvalue weighted by atomic mass is 9.98. The highest BCUT2D eigenvalue weighted by molar-refractivity contribution is 5.79. The van der Waals surface area contributed by atoms with E-state index in [0.29, 0.717) is 13.0 Å². The number of ether oxygens (including phenoxy) is 1. The highest BCUT2D eigenvalue weighted by atomic mass is 16.5. The fraction of sp³-hybridized carbons (Fsp3) is 0.154. The molecular weight excluding hydrogens is 386 g/mol. The van der Waals surface area contributed by atoms with Crippen LogP contribution >= 0.6 is 0 Å². The quantitative estimate of drug-likeness (QED) is 0.456. The molecule has 31 heavy (non-hydrogen) atoms. The van der Waals surface area contributed by atoms with E-state index in [-0.39, 0.29) is 11.9 Å². The summed E-state index contributed by atoms with van der Waals surface area (Å²) >= 11 is 0. The van der Waals surface area contributed by atoms with E-state index in [1.165, 1.54) is 0 Å². The molecule has 1 amide bonds. The Morgan fingerprint density at radius 1 is 0.935 bits per heavy atom. The van der Waals surface area contributed by atoms with Crippen LogP contribution in [0.4, 0.5) is 0 Å². The van der Waals surface area contributed by atoms with Crippen molar-refractivity contribution in [1.82, 2.24) is 15.1 Å². The van der Waals surface area contributed by atoms with Gasteiger partial charge in [-0.05, 0) is 53.9 Å². The third kappa shape index (κ3) is 5.20. The standard InChI is InChI=1S/C26H25N3O2/c1-2-31-24-15-11-22(12-16-24)26(21-7-4-3-5-8-21)28-25(30)19-20-9-13-23(14-10-20)29-18-6-17-27-29/h3-18,26H,2,19H2,1H3,(H,28,30). The highest BCUT2D eigenvalue weighted by Crippen LogP contribution is 2.24. The first-order valence-electron chi connectivity index (χ1n) is 10.4. The number of rotatable bonds is 8. The first kappa shape index (κ1) is 20.4. The number of benzene rings is 3. The molecule has 0 aliphatic rings. The van der Waals surface area contributed by atoms with Crippen LogP contribution in [0.15, 0.2) is 97.3 Å². The number of amides is 1. The number of hydrogen-bond acceptors (Lipinski definition) is 3. The summed E-state index contributed by atoms with van der Waals surface area (Å²) in [7, 11) is 0. The van der Waals surface area contributed by atoms with Crippen molar-refractivity contribution in [1.29, 1.82) is 0 Å². The van der Waals surface area contributed by atoms with Gasteiger partial charge in [-0.3, -0.25) is 4.79 Å². The first-order chi connectivity index (χ1) is 15.2. The van der Waals surface area contributed by atoms with Gasteiger partial charge in [0.2, 0.25) is 5.91 Å². The highest BCUT2D eigenvalue weighted by Gasteiger charge is 2.17. The molecule has 1 unspecified atom stereocenters. The van der Waals surface area contributed by atoms with Gasteiger partial charge in [-0.25, -0.2) is 4.68 Å². The summed E-state index contributed by atoms with van der Waals surface area (Å²) < 4.78 is 7.34. The molecule has 4 rings (SSSR count). The van der Waals surface area contributed by atoms with Gasteiger partial charge in [0, 0.05) is 12.4 Å². The minimum atomic E-state index is -0.229. The summed E-state index contributed by atoms with van der Waals surface area (Å²) in [6, 6.07) is 27.4. The van der Waals surface area contributed by atoms with Gasteiger partial charge in [0.15, 0.2) is 0 Å². The van der Waals surface area contributed by atoms with E-state index in [1.807, 2.05) is 98.0 Å². The van der Waals surface area contributed by atoms with Crippen molar-refractivity contribution in [2.24, 2.45) is 0 Å². The predicted molar refractivity (Wildman–Crippen MR) is 121 cm³/mol. The molecule has 0 spiro atoms. The largest absolute Gasteiger partial charge is 0.494 e. The summed E-state index contributed by atoms with van der Waals surface area (Å²) in [4.78, 5) is 12.9. The fourth-order valence-corrected chi connectivity index (χ4v) is 3.51. The molecule has 0 aliphatic heterocycles. The third-order valence-electron chi connectivity index (χ3n) is 5.03. The second-order valence-electron chi connectivity index (χ2n) is 7.21. The Morgan fingerprint density at radius 3 is 2.29 bits per heavy atom. The molecule has 0 saturated carbocycles. The molecule has 1 atom stereocenters. The molecule has 156 valence electrons. The summed E-state index contributed by atoms with van der Waals surface area (Å²) in [5.74, 6) is 0.788. The van der Waals surface area contributed by atoms with E-state index in [2.05, 4.69) is 10.4 Å². The molecule has 1 heterocycles. The van der Waals surface area contributed by atoms with Crippen molar-refractivity contribution < 1.29 is 9.53 Å². The Labute approximate surface area is 182 Å². The van der Waals surface area contributed by atoms with Crippen LogP contribution in [0, 0.1) is 0 Å². The Balaban J connectivity index is 1.49. The molecule has 5 heteroatoms. The second kappa shape index (κ2) is 9.76. The average molecular weight is 412 g/mol. The van der Waals surface area contributed by atoms with Crippen molar-refractivity contribution in [2.75, 3.05) is 6.61 Å². The smallest absolute Gasteiger partial charge is 0.225 e. The fourth-order valence-electron chi connectivity index (χ4n) is 3.51. The molecule has 1 aromatic heterocycles. The Morgan fingerprint density at radius 2 is 1.65 bits per heavy atom. The van der Waals surface area contributed by atoms with Crippen molar-refractivity contribution in [3.8, 4) is 11.4 Å². The van der Waals surface area contributed by atoms with E-state index < -0.39 is 0 Å². The number of nitrogens with one attached hydrogen (secondary N) is 1. The lowest BCUT2D eigenvalue weighted by Gasteiger charge is -2.20. The molecular formula is C26H25N3O2. The van der Waals surface area contributed by atoms with Gasteiger partial charge >= 0.3 is 0 Å². The zero-order valence-electron chi connectivity index (χ0n) is 17.4. The zero-order valence-corrected chi connectivity index (χ0v) is 17.4. The number of hydrogen-bond donors (Lipinski definition) is 1. The van der Waals surface area contributed by atoms with Crippen LogP contribution in [0.25, 0.3) is 5.69 Å². The maximum absolute atomic E-state index is 12.9. The van der Waals surface area contributed by atoms with E-state index in [0.717, 1.165) is 28.1 Å². The van der Waals surface area contributed by atoms with Crippen LogP contribution in [-0.4, -0.2) is 22.3 Å². The van der Waals surface area contributed by atoms with Gasteiger partial charge in [0.25, 0.3) is 0 Å². The van der Waals surface area contributed by atoms with Crippen LogP contribution in [0.3, 0.4) is 0 Å². The van der Waals surface area contributed by atoms with Crippen LogP contribution in [0.1, 0.15) is 29.7 Å². The lowest BCUT2D eigenvalue weighted by molar-refractivity contribution is -0.120. The Hall–Kier alpha value is -3.86. The second-order valence-corrected chi connectivity index (χ2v) is 7.21. The van der Waals surface area contributed by atoms with Crippen molar-refractivity contribution in [3.05, 3.63) is 114 Å². The maximum Gasteiger partial charge on any atom is 0.225 e. The monoisotopic (exact) mass is 411 g/mol. The van der Waals surface area contributed by atoms with Crippen molar-refractivity contribution in [2.45, 2.75) is 19.4 Å². The summed E-state index contributed by atoms with van der Waals surface area (Å²) in [6.07, 6.45) is 3.94. The topological polar surface area (TPSA) is 56.1 Å². The molecule has 3 aromatic carbocycles.